The molecular weight excluding hydrogens is 269 g/mol. The molecule has 1 amide bonds. The Morgan fingerprint density at radius 1 is 1.43 bits per heavy atom. The molecule has 4 heteroatoms. The third kappa shape index (κ3) is 6.54. The van der Waals surface area contributed by atoms with Gasteiger partial charge in [-0.1, -0.05) is 26.0 Å². The lowest BCUT2D eigenvalue weighted by atomic mass is 9.89. The van der Waals surface area contributed by atoms with Crippen LogP contribution in [0.3, 0.4) is 0 Å². The van der Waals surface area contributed by atoms with Crippen LogP contribution in [0.5, 0.6) is 0 Å². The first-order chi connectivity index (χ1) is 9.84. The number of benzene rings is 1. The van der Waals surface area contributed by atoms with Crippen LogP contribution in [0.15, 0.2) is 30.3 Å². The predicted octanol–water partition coefficient (Wildman–Crippen LogP) is 3.14. The standard InChI is InChI=1S/C17H24FNO2/c1-13(14-6-4-7-15(18)11-14)10-16(21)19-9-5-8-17(2,3)12-20/h4,6-7,10-11,20H,5,8-9,12H2,1-3H3,(H,19,21)/b13-10-. The fraction of sp³-hybridized carbons (Fsp3) is 0.471. The molecule has 0 bridgehead atoms. The summed E-state index contributed by atoms with van der Waals surface area (Å²) in [5.74, 6) is -0.495. The van der Waals surface area contributed by atoms with Gasteiger partial charge >= 0.3 is 0 Å². The van der Waals surface area contributed by atoms with Crippen LogP contribution in [0.2, 0.25) is 0 Å². The van der Waals surface area contributed by atoms with E-state index in [1.54, 1.807) is 19.1 Å². The maximum Gasteiger partial charge on any atom is 0.244 e. The van der Waals surface area contributed by atoms with E-state index in [0.29, 0.717) is 12.1 Å². The highest BCUT2D eigenvalue weighted by Gasteiger charge is 2.15. The molecule has 116 valence electrons. The normalized spacial score (nSPS) is 12.3. The van der Waals surface area contributed by atoms with Crippen molar-refractivity contribution in [2.24, 2.45) is 5.41 Å². The Morgan fingerprint density at radius 3 is 2.76 bits per heavy atom. The molecule has 0 aliphatic heterocycles. The van der Waals surface area contributed by atoms with Crippen LogP contribution in [0.4, 0.5) is 4.39 Å². The zero-order chi connectivity index (χ0) is 15.9. The van der Waals surface area contributed by atoms with Crippen LogP contribution < -0.4 is 5.32 Å². The number of hydrogen-bond acceptors (Lipinski definition) is 2. The first-order valence-corrected chi connectivity index (χ1v) is 7.17. The Labute approximate surface area is 125 Å². The lowest BCUT2D eigenvalue weighted by molar-refractivity contribution is -0.116. The largest absolute Gasteiger partial charge is 0.396 e. The summed E-state index contributed by atoms with van der Waals surface area (Å²) >= 11 is 0. The van der Waals surface area contributed by atoms with Crippen molar-refractivity contribution in [1.82, 2.24) is 5.32 Å². The highest BCUT2D eigenvalue weighted by Crippen LogP contribution is 2.20. The van der Waals surface area contributed by atoms with Gasteiger partial charge in [0.15, 0.2) is 0 Å². The lowest BCUT2D eigenvalue weighted by Crippen LogP contribution is -2.25. The molecule has 0 fully saturated rings. The van der Waals surface area contributed by atoms with E-state index in [9.17, 15) is 9.18 Å². The molecule has 0 aromatic heterocycles. The summed E-state index contributed by atoms with van der Waals surface area (Å²) in [6.07, 6.45) is 3.13. The fourth-order valence-electron chi connectivity index (χ4n) is 1.92. The van der Waals surface area contributed by atoms with E-state index in [-0.39, 0.29) is 23.7 Å². The molecule has 3 nitrogen and oxygen atoms in total. The average Bonchev–Trinajstić information content (AvgIpc) is 2.43. The highest BCUT2D eigenvalue weighted by atomic mass is 19.1. The van der Waals surface area contributed by atoms with Gasteiger partial charge in [0.25, 0.3) is 0 Å². The van der Waals surface area contributed by atoms with Crippen LogP contribution in [-0.4, -0.2) is 24.2 Å². The second-order valence-electron chi connectivity index (χ2n) is 6.05. The van der Waals surface area contributed by atoms with Crippen LogP contribution >= 0.6 is 0 Å². The van der Waals surface area contributed by atoms with Gasteiger partial charge in [-0.3, -0.25) is 4.79 Å². The van der Waals surface area contributed by atoms with Crippen molar-refractivity contribution in [2.45, 2.75) is 33.6 Å². The Bertz CT molecular complexity index is 509. The topological polar surface area (TPSA) is 49.3 Å². The maximum atomic E-state index is 13.1. The van der Waals surface area contributed by atoms with Gasteiger partial charge in [-0.25, -0.2) is 4.39 Å². The number of amides is 1. The molecule has 0 heterocycles. The third-order valence-corrected chi connectivity index (χ3v) is 3.39. The average molecular weight is 293 g/mol. The number of carbonyl (C=O) groups excluding carboxylic acids is 1. The number of allylic oxidation sites excluding steroid dienone is 1. The molecule has 0 unspecified atom stereocenters. The Balaban J connectivity index is 2.44. The number of aliphatic hydroxyl groups excluding tert-OH is 1. The van der Waals surface area contributed by atoms with E-state index in [1.807, 2.05) is 13.8 Å². The van der Waals surface area contributed by atoms with Crippen molar-refractivity contribution in [2.75, 3.05) is 13.2 Å². The molecule has 1 rings (SSSR count). The van der Waals surface area contributed by atoms with Crippen molar-refractivity contribution in [3.8, 4) is 0 Å². The van der Waals surface area contributed by atoms with Crippen LogP contribution in [0.25, 0.3) is 5.57 Å². The maximum absolute atomic E-state index is 13.1. The van der Waals surface area contributed by atoms with E-state index in [4.69, 9.17) is 5.11 Å². The van der Waals surface area contributed by atoms with Crippen LogP contribution in [-0.2, 0) is 4.79 Å². The first-order valence-electron chi connectivity index (χ1n) is 7.17. The minimum atomic E-state index is -0.313. The van der Waals surface area contributed by atoms with Gasteiger partial charge in [-0.2, -0.15) is 0 Å². The Kier molecular flexibility index (Phi) is 6.56. The molecule has 0 spiro atoms. The highest BCUT2D eigenvalue weighted by molar-refractivity contribution is 5.94. The molecule has 0 atom stereocenters. The Morgan fingerprint density at radius 2 is 2.14 bits per heavy atom. The zero-order valence-corrected chi connectivity index (χ0v) is 12.9. The van der Waals surface area contributed by atoms with Crippen molar-refractivity contribution < 1.29 is 14.3 Å². The predicted molar refractivity (Wildman–Crippen MR) is 83.2 cm³/mol. The zero-order valence-electron chi connectivity index (χ0n) is 12.9. The van der Waals surface area contributed by atoms with Gasteiger partial charge in [0.2, 0.25) is 5.91 Å². The molecular formula is C17H24FNO2. The SMILES string of the molecule is C/C(=C/C(=O)NCCCC(C)(C)CO)c1cccc(F)c1. The molecule has 0 aliphatic rings. The van der Waals surface area contributed by atoms with Gasteiger partial charge in [0, 0.05) is 19.2 Å². The number of rotatable bonds is 7. The molecule has 0 saturated carbocycles. The monoisotopic (exact) mass is 293 g/mol. The summed E-state index contributed by atoms with van der Waals surface area (Å²) in [5, 5.41) is 11.9. The fourth-order valence-corrected chi connectivity index (χ4v) is 1.92. The summed E-state index contributed by atoms with van der Waals surface area (Å²) in [6.45, 7) is 6.46. The molecule has 21 heavy (non-hydrogen) atoms. The molecule has 0 radical (unpaired) electrons. The lowest BCUT2D eigenvalue weighted by Gasteiger charge is -2.21. The van der Waals surface area contributed by atoms with E-state index >= 15 is 0 Å². The molecule has 1 aromatic rings. The van der Waals surface area contributed by atoms with Gasteiger partial charge < -0.3 is 10.4 Å². The molecule has 2 N–H and O–H groups in total. The summed E-state index contributed by atoms with van der Waals surface area (Å²) < 4.78 is 13.1. The summed E-state index contributed by atoms with van der Waals surface area (Å²) in [5.41, 5.74) is 1.31. The number of carbonyl (C=O) groups is 1. The molecule has 0 saturated heterocycles. The number of aliphatic hydroxyl groups is 1. The van der Waals surface area contributed by atoms with Gasteiger partial charge in [0.05, 0.1) is 0 Å². The number of hydrogen-bond donors (Lipinski definition) is 2. The first kappa shape index (κ1) is 17.4. The minimum absolute atomic E-state index is 0.113. The van der Waals surface area contributed by atoms with Crippen molar-refractivity contribution in [3.05, 3.63) is 41.7 Å². The van der Waals surface area contributed by atoms with E-state index < -0.39 is 0 Å². The Hall–Kier alpha value is -1.68. The van der Waals surface area contributed by atoms with E-state index in [0.717, 1.165) is 18.4 Å². The third-order valence-electron chi connectivity index (χ3n) is 3.39. The summed E-state index contributed by atoms with van der Waals surface area (Å²) in [4.78, 5) is 11.8. The minimum Gasteiger partial charge on any atom is -0.396 e. The van der Waals surface area contributed by atoms with Crippen LogP contribution in [0.1, 0.15) is 39.2 Å². The second-order valence-corrected chi connectivity index (χ2v) is 6.05. The van der Waals surface area contributed by atoms with E-state index in [2.05, 4.69) is 5.32 Å². The van der Waals surface area contributed by atoms with Crippen LogP contribution in [0, 0.1) is 11.2 Å². The van der Waals surface area contributed by atoms with Crippen molar-refractivity contribution in [1.29, 1.82) is 0 Å². The summed E-state index contributed by atoms with van der Waals surface area (Å²) in [7, 11) is 0. The van der Waals surface area contributed by atoms with E-state index in [1.165, 1.54) is 18.2 Å². The molecule has 0 aliphatic carbocycles. The quantitative estimate of drug-likeness (QED) is 0.599. The smallest absolute Gasteiger partial charge is 0.244 e. The molecule has 1 aromatic carbocycles. The van der Waals surface area contributed by atoms with Crippen molar-refractivity contribution >= 4 is 11.5 Å². The van der Waals surface area contributed by atoms with Crippen molar-refractivity contribution in [3.63, 3.8) is 0 Å². The second kappa shape index (κ2) is 7.93. The number of nitrogens with one attached hydrogen (secondary N) is 1. The van der Waals surface area contributed by atoms with Gasteiger partial charge in [-0.15, -0.1) is 0 Å². The summed E-state index contributed by atoms with van der Waals surface area (Å²) in [6, 6.07) is 6.17. The van der Waals surface area contributed by atoms with Gasteiger partial charge in [-0.05, 0) is 48.4 Å². The van der Waals surface area contributed by atoms with Gasteiger partial charge in [0.1, 0.15) is 5.82 Å². The number of halogens is 1.